The topological polar surface area (TPSA) is 64.4 Å². The molecule has 0 aliphatic carbocycles. The number of likely N-dealkylation sites (N-methyl/N-ethyl adjacent to an activating group) is 1. The number of halogens is 2. The van der Waals surface area contributed by atoms with Crippen LogP contribution in [0.5, 0.6) is 0 Å². The minimum Gasteiger partial charge on any atom is -0.306 e. The summed E-state index contributed by atoms with van der Waals surface area (Å²) in [6.07, 6.45) is 2.79. The summed E-state index contributed by atoms with van der Waals surface area (Å²) < 4.78 is 28.7. The molecule has 1 fully saturated rings. The average Bonchev–Trinajstić information content (AvgIpc) is 2.82. The summed E-state index contributed by atoms with van der Waals surface area (Å²) in [7, 11) is -3.62. The molecule has 120 valence electrons. The van der Waals surface area contributed by atoms with Crippen molar-refractivity contribution >= 4 is 41.9 Å². The molecule has 0 saturated carbocycles. The quantitative estimate of drug-likeness (QED) is 0.661. The van der Waals surface area contributed by atoms with Crippen LogP contribution in [0.3, 0.4) is 0 Å². The van der Waals surface area contributed by atoms with Gasteiger partial charge in [-0.1, -0.05) is 22.9 Å². The fraction of sp³-hybridized carbons (Fsp3) is 0.500. The van der Waals surface area contributed by atoms with Crippen LogP contribution in [-0.2, 0) is 10.0 Å². The molecule has 22 heavy (non-hydrogen) atoms. The zero-order chi connectivity index (χ0) is 16.5. The van der Waals surface area contributed by atoms with Gasteiger partial charge in [0.1, 0.15) is 0 Å². The lowest BCUT2D eigenvalue weighted by Gasteiger charge is -2.27. The van der Waals surface area contributed by atoms with Gasteiger partial charge in [-0.3, -0.25) is 0 Å². The van der Waals surface area contributed by atoms with Crippen LogP contribution >= 0.6 is 31.9 Å². The fourth-order valence-corrected chi connectivity index (χ4v) is 5.88. The molecule has 2 atom stereocenters. The van der Waals surface area contributed by atoms with Gasteiger partial charge in [0.2, 0.25) is 10.0 Å². The van der Waals surface area contributed by atoms with Crippen molar-refractivity contribution in [2.24, 2.45) is 0 Å². The molecule has 0 spiro atoms. The highest BCUT2D eigenvalue weighted by Gasteiger charge is 2.38. The molecular formula is C14H17Br2N3O2S. The van der Waals surface area contributed by atoms with Gasteiger partial charge in [0.05, 0.1) is 4.90 Å². The first kappa shape index (κ1) is 17.7. The summed E-state index contributed by atoms with van der Waals surface area (Å²) in [5.41, 5.74) is 0. The Balaban J connectivity index is 2.38. The van der Waals surface area contributed by atoms with Gasteiger partial charge in [-0.25, -0.2) is 8.42 Å². The van der Waals surface area contributed by atoms with E-state index in [0.717, 1.165) is 0 Å². The Morgan fingerprint density at radius 3 is 2.68 bits per heavy atom. The third-order valence-corrected chi connectivity index (χ3v) is 7.39. The van der Waals surface area contributed by atoms with Gasteiger partial charge in [0, 0.05) is 34.1 Å². The smallest absolute Gasteiger partial charge is 0.244 e. The number of benzene rings is 1. The number of sulfonamides is 1. The molecule has 1 aliphatic heterocycles. The van der Waals surface area contributed by atoms with Crippen molar-refractivity contribution in [1.29, 1.82) is 5.26 Å². The van der Waals surface area contributed by atoms with Gasteiger partial charge in [-0.2, -0.15) is 9.57 Å². The molecule has 0 aromatic heterocycles. The Labute approximate surface area is 148 Å². The van der Waals surface area contributed by atoms with E-state index in [0.29, 0.717) is 28.5 Å². The minimum absolute atomic E-state index is 0.0604. The van der Waals surface area contributed by atoms with E-state index in [1.54, 1.807) is 23.1 Å². The summed E-state index contributed by atoms with van der Waals surface area (Å²) in [5, 5.41) is 9.10. The van der Waals surface area contributed by atoms with Crippen LogP contribution in [0.4, 0.5) is 0 Å². The second kappa shape index (κ2) is 6.87. The van der Waals surface area contributed by atoms with Crippen molar-refractivity contribution in [1.82, 2.24) is 9.21 Å². The number of likely N-dealkylation sites (tertiary alicyclic amines) is 1. The molecule has 1 heterocycles. The summed E-state index contributed by atoms with van der Waals surface area (Å²) >= 11 is 6.64. The van der Waals surface area contributed by atoms with Crippen LogP contribution in [0, 0.1) is 11.5 Å². The molecule has 1 aliphatic rings. The van der Waals surface area contributed by atoms with E-state index < -0.39 is 10.0 Å². The Kier molecular flexibility index (Phi) is 5.54. The third kappa shape index (κ3) is 3.32. The molecular weight excluding hydrogens is 434 g/mol. The fourth-order valence-electron chi connectivity index (χ4n) is 2.78. The number of nitrogens with zero attached hydrogens (tertiary/aromatic N) is 3. The van der Waals surface area contributed by atoms with Crippen molar-refractivity contribution in [2.75, 3.05) is 13.1 Å². The highest BCUT2D eigenvalue weighted by molar-refractivity contribution is 9.11. The van der Waals surface area contributed by atoms with Crippen molar-refractivity contribution in [3.05, 3.63) is 27.1 Å². The molecule has 0 radical (unpaired) electrons. The Morgan fingerprint density at radius 1 is 1.45 bits per heavy atom. The van der Waals surface area contributed by atoms with Crippen molar-refractivity contribution in [2.45, 2.75) is 37.2 Å². The zero-order valence-corrected chi connectivity index (χ0v) is 16.3. The number of hydrogen-bond acceptors (Lipinski definition) is 4. The Hall–Kier alpha value is -0.620. The SMILES string of the molecule is CCN([C@@H]1C[C@H](C)N(C#N)C1)S(=O)(=O)c1cc(Br)ccc1Br. The van der Waals surface area contributed by atoms with Crippen LogP contribution in [0.1, 0.15) is 20.3 Å². The van der Waals surface area contributed by atoms with E-state index in [4.69, 9.17) is 5.26 Å². The number of nitriles is 1. The van der Waals surface area contributed by atoms with Gasteiger partial charge in [0.25, 0.3) is 0 Å². The standard InChI is InChI=1S/C14H17Br2N3O2S/c1-3-19(12-6-10(2)18(8-12)9-17)22(20,21)14-7-11(15)4-5-13(14)16/h4-5,7,10,12H,3,6,8H2,1-2H3/t10-,12+/m0/s1. The zero-order valence-electron chi connectivity index (χ0n) is 12.3. The maximum atomic E-state index is 13.0. The lowest BCUT2D eigenvalue weighted by Crippen LogP contribution is -2.41. The normalized spacial score (nSPS) is 22.1. The van der Waals surface area contributed by atoms with E-state index in [-0.39, 0.29) is 17.0 Å². The summed E-state index contributed by atoms with van der Waals surface area (Å²) in [4.78, 5) is 1.88. The van der Waals surface area contributed by atoms with Gasteiger partial charge >= 0.3 is 0 Å². The molecule has 2 rings (SSSR count). The average molecular weight is 451 g/mol. The largest absolute Gasteiger partial charge is 0.306 e. The molecule has 0 amide bonds. The lowest BCUT2D eigenvalue weighted by atomic mass is 10.2. The van der Waals surface area contributed by atoms with Crippen molar-refractivity contribution in [3.63, 3.8) is 0 Å². The van der Waals surface area contributed by atoms with E-state index in [1.165, 1.54) is 4.31 Å². The summed E-state index contributed by atoms with van der Waals surface area (Å²) in [6, 6.07) is 4.97. The molecule has 1 saturated heterocycles. The second-order valence-corrected chi connectivity index (χ2v) is 8.90. The van der Waals surface area contributed by atoms with Gasteiger partial charge in [0.15, 0.2) is 6.19 Å². The molecule has 0 bridgehead atoms. The summed E-state index contributed by atoms with van der Waals surface area (Å²) in [5.74, 6) is 0. The highest BCUT2D eigenvalue weighted by atomic mass is 79.9. The predicted molar refractivity (Wildman–Crippen MR) is 91.6 cm³/mol. The third-order valence-electron chi connectivity index (χ3n) is 3.88. The molecule has 8 heteroatoms. The van der Waals surface area contributed by atoms with E-state index in [2.05, 4.69) is 38.1 Å². The number of hydrogen-bond donors (Lipinski definition) is 0. The van der Waals surface area contributed by atoms with Gasteiger partial charge < -0.3 is 4.90 Å². The van der Waals surface area contributed by atoms with E-state index in [1.807, 2.05) is 13.8 Å². The van der Waals surface area contributed by atoms with Crippen LogP contribution in [0.25, 0.3) is 0 Å². The van der Waals surface area contributed by atoms with Gasteiger partial charge in [-0.05, 0) is 47.5 Å². The van der Waals surface area contributed by atoms with Crippen LogP contribution in [-0.4, -0.2) is 42.8 Å². The molecule has 1 aromatic carbocycles. The first-order chi connectivity index (χ1) is 10.3. The lowest BCUT2D eigenvalue weighted by molar-refractivity contribution is 0.329. The minimum atomic E-state index is -3.62. The van der Waals surface area contributed by atoms with Crippen LogP contribution < -0.4 is 0 Å². The second-order valence-electron chi connectivity index (χ2n) is 5.27. The highest BCUT2D eigenvalue weighted by Crippen LogP contribution is 2.31. The first-order valence-electron chi connectivity index (χ1n) is 6.94. The Bertz CT molecular complexity index is 703. The van der Waals surface area contributed by atoms with Crippen LogP contribution in [0.2, 0.25) is 0 Å². The predicted octanol–water partition coefficient (Wildman–Crippen LogP) is 3.17. The van der Waals surface area contributed by atoms with Crippen LogP contribution in [0.15, 0.2) is 32.0 Å². The van der Waals surface area contributed by atoms with E-state index >= 15 is 0 Å². The van der Waals surface area contributed by atoms with Gasteiger partial charge in [-0.15, -0.1) is 0 Å². The maximum Gasteiger partial charge on any atom is 0.244 e. The van der Waals surface area contributed by atoms with Crippen molar-refractivity contribution < 1.29 is 8.42 Å². The number of rotatable bonds is 4. The first-order valence-corrected chi connectivity index (χ1v) is 9.97. The molecule has 5 nitrogen and oxygen atoms in total. The van der Waals surface area contributed by atoms with E-state index in [9.17, 15) is 8.42 Å². The Morgan fingerprint density at radius 2 is 2.14 bits per heavy atom. The maximum absolute atomic E-state index is 13.0. The monoisotopic (exact) mass is 449 g/mol. The molecule has 0 unspecified atom stereocenters. The summed E-state index contributed by atoms with van der Waals surface area (Å²) in [6.45, 7) is 4.58. The molecule has 0 N–H and O–H groups in total. The molecule has 1 aromatic rings. The van der Waals surface area contributed by atoms with Crippen molar-refractivity contribution in [3.8, 4) is 6.19 Å².